The molecule has 0 amide bonds. The van der Waals surface area contributed by atoms with Crippen LogP contribution in [0, 0.1) is 0 Å². The Bertz CT molecular complexity index is 904. The molecule has 34 heavy (non-hydrogen) atoms. The number of aliphatic hydroxyl groups is 2. The number of aliphatic hydroxyl groups excluding tert-OH is 2. The highest BCUT2D eigenvalue weighted by Crippen LogP contribution is 2.36. The van der Waals surface area contributed by atoms with Crippen molar-refractivity contribution in [2.75, 3.05) is 17.9 Å². The van der Waals surface area contributed by atoms with E-state index in [-0.39, 0.29) is 27.4 Å². The maximum atomic E-state index is 12.0. The number of carbonyl (C=O) groups excluding carboxylic acids is 2. The van der Waals surface area contributed by atoms with Gasteiger partial charge >= 0.3 is 7.12 Å². The molecule has 0 spiro atoms. The van der Waals surface area contributed by atoms with Crippen molar-refractivity contribution in [3.63, 3.8) is 0 Å². The maximum Gasteiger partial charge on any atom is 0.494 e. The second-order valence-electron chi connectivity index (χ2n) is 8.30. The van der Waals surface area contributed by atoms with Crippen LogP contribution in [0.3, 0.4) is 0 Å². The second-order valence-corrected chi connectivity index (χ2v) is 8.88. The lowest BCUT2D eigenvalue weighted by Crippen LogP contribution is -2.41. The molecular weight excluding hydrogens is 558 g/mol. The molecule has 3 rings (SSSR count). The summed E-state index contributed by atoms with van der Waals surface area (Å²) in [5, 5.41) is 17.3. The smallest absolute Gasteiger partial charge is 0.399 e. The van der Waals surface area contributed by atoms with Gasteiger partial charge < -0.3 is 19.5 Å². The van der Waals surface area contributed by atoms with Crippen molar-refractivity contribution >= 4 is 46.7 Å². The Balaban J connectivity index is 0.000000330. The Morgan fingerprint density at radius 3 is 1.50 bits per heavy atom. The van der Waals surface area contributed by atoms with E-state index in [4.69, 9.17) is 19.5 Å². The van der Waals surface area contributed by atoms with E-state index in [9.17, 15) is 18.4 Å². The van der Waals surface area contributed by atoms with Gasteiger partial charge in [-0.1, -0.05) is 48.5 Å². The van der Waals surface area contributed by atoms with Gasteiger partial charge in [0.15, 0.2) is 11.6 Å². The third-order valence-electron chi connectivity index (χ3n) is 5.48. The molecule has 0 saturated carbocycles. The van der Waals surface area contributed by atoms with E-state index in [1.807, 2.05) is 27.7 Å². The average molecular weight is 588 g/mol. The standard InChI is InChI=1S/C14H19BO4.C9H9FO2.CH2FI/c1-13(2)14(3,4)19-15(18-13)11-7-5-10(6-8-11)12(17)9-16;10-5-7-1-3-8(4-2-7)9(12)6-11;2-1-3/h5-8,16H,9H2,1-4H3;1-4,11H,5-6H2;1H2/i;10-1;2-1. The number of benzene rings is 2. The monoisotopic (exact) mass is 588 g/mol. The van der Waals surface area contributed by atoms with E-state index in [2.05, 4.69) is 0 Å². The van der Waals surface area contributed by atoms with Crippen LogP contribution >= 0.6 is 22.6 Å². The predicted molar refractivity (Wildman–Crippen MR) is 136 cm³/mol. The van der Waals surface area contributed by atoms with Crippen molar-refractivity contribution in [1.82, 2.24) is 0 Å². The summed E-state index contributed by atoms with van der Waals surface area (Å²) in [6.45, 7) is 6.47. The molecular formula is C24H30BF2IO6. The zero-order chi connectivity index (χ0) is 25.9. The second kappa shape index (κ2) is 14.0. The van der Waals surface area contributed by atoms with E-state index in [1.165, 1.54) is 24.3 Å². The molecule has 1 fully saturated rings. The van der Waals surface area contributed by atoms with Crippen LogP contribution in [0.4, 0.5) is 8.78 Å². The van der Waals surface area contributed by atoms with Gasteiger partial charge in [0.05, 0.1) is 11.2 Å². The fourth-order valence-corrected chi connectivity index (χ4v) is 2.77. The SMILES string of the molecule is CC1(C)OB(c2ccc(C(=O)CO)cc2)OC1(C)C.O=C(CO)c1ccc(C[18F])cc1.[18F]CI. The Labute approximate surface area is 212 Å². The average Bonchev–Trinajstić information content (AvgIpc) is 3.05. The number of hydrogen-bond donors (Lipinski definition) is 2. The minimum atomic E-state index is -0.534. The topological polar surface area (TPSA) is 93.1 Å². The summed E-state index contributed by atoms with van der Waals surface area (Å²) in [6.07, 6.45) is 0. The van der Waals surface area contributed by atoms with E-state index >= 15 is 0 Å². The number of rotatable bonds is 6. The first-order valence-corrected chi connectivity index (χ1v) is 12.0. The summed E-state index contributed by atoms with van der Waals surface area (Å²) < 4.78 is 33.8. The van der Waals surface area contributed by atoms with Crippen molar-refractivity contribution < 1.29 is 37.9 Å². The molecule has 2 aromatic carbocycles. The first-order chi connectivity index (χ1) is 16.0. The number of alkyl halides is 3. The predicted octanol–water partition coefficient (Wildman–Crippen LogP) is 3.84. The largest absolute Gasteiger partial charge is 0.494 e. The lowest BCUT2D eigenvalue weighted by atomic mass is 9.79. The molecule has 1 saturated heterocycles. The van der Waals surface area contributed by atoms with Gasteiger partial charge in [-0.05, 0) is 61.3 Å². The summed E-state index contributed by atoms with van der Waals surface area (Å²) in [5.74, 6) is -0.638. The van der Waals surface area contributed by atoms with Crippen LogP contribution in [-0.4, -0.2) is 58.0 Å². The lowest BCUT2D eigenvalue weighted by Gasteiger charge is -2.32. The molecule has 0 atom stereocenters. The van der Waals surface area contributed by atoms with Crippen molar-refractivity contribution in [2.45, 2.75) is 45.6 Å². The molecule has 2 N–H and O–H groups in total. The van der Waals surface area contributed by atoms with Crippen molar-refractivity contribution in [3.05, 3.63) is 65.2 Å². The minimum Gasteiger partial charge on any atom is -0.399 e. The van der Waals surface area contributed by atoms with Crippen LogP contribution in [0.25, 0.3) is 0 Å². The summed E-state index contributed by atoms with van der Waals surface area (Å²) in [7, 11) is -0.428. The minimum absolute atomic E-state index is 0.280. The number of halogens is 3. The third kappa shape index (κ3) is 8.49. The van der Waals surface area contributed by atoms with Crippen LogP contribution in [0.15, 0.2) is 48.5 Å². The van der Waals surface area contributed by atoms with Gasteiger partial charge in [-0.15, -0.1) is 0 Å². The number of ketones is 2. The molecule has 0 radical (unpaired) electrons. The summed E-state index contributed by atoms with van der Waals surface area (Å²) >= 11 is 1.62. The van der Waals surface area contributed by atoms with Crippen molar-refractivity contribution in [1.29, 1.82) is 0 Å². The molecule has 10 heteroatoms. The van der Waals surface area contributed by atoms with Gasteiger partial charge in [0.25, 0.3) is 0 Å². The van der Waals surface area contributed by atoms with Crippen LogP contribution in [0.5, 0.6) is 0 Å². The highest BCUT2D eigenvalue weighted by Gasteiger charge is 2.51. The molecule has 0 aromatic heterocycles. The highest BCUT2D eigenvalue weighted by atomic mass is 127. The van der Waals surface area contributed by atoms with E-state index in [0.29, 0.717) is 16.7 Å². The summed E-state index contributed by atoms with van der Waals surface area (Å²) in [5.41, 5.74) is 1.55. The molecule has 1 aliphatic heterocycles. The van der Waals surface area contributed by atoms with E-state index in [1.54, 1.807) is 46.9 Å². The molecule has 1 heterocycles. The molecule has 1 aliphatic rings. The van der Waals surface area contributed by atoms with Gasteiger partial charge in [0, 0.05) is 11.1 Å². The normalized spacial score (nSPS) is 15.5. The molecule has 0 aliphatic carbocycles. The fraction of sp³-hybridized carbons (Fsp3) is 0.417. The van der Waals surface area contributed by atoms with Crippen LogP contribution in [0.1, 0.15) is 54.0 Å². The van der Waals surface area contributed by atoms with Gasteiger partial charge in [-0.2, -0.15) is 0 Å². The quantitative estimate of drug-likeness (QED) is 0.231. The van der Waals surface area contributed by atoms with E-state index < -0.39 is 27.0 Å². The van der Waals surface area contributed by atoms with Gasteiger partial charge in [0.1, 0.15) is 24.6 Å². The summed E-state index contributed by atoms with van der Waals surface area (Å²) in [6, 6.07) is 13.0. The van der Waals surface area contributed by atoms with E-state index in [0.717, 1.165) is 5.46 Å². The Morgan fingerprint density at radius 1 is 0.824 bits per heavy atom. The van der Waals surface area contributed by atoms with Crippen LogP contribution in [0.2, 0.25) is 0 Å². The summed E-state index contributed by atoms with van der Waals surface area (Å²) in [4.78, 5) is 22.2. The Kier molecular flexibility index (Phi) is 12.5. The van der Waals surface area contributed by atoms with Gasteiger partial charge in [-0.3, -0.25) is 9.59 Å². The molecule has 0 bridgehead atoms. The van der Waals surface area contributed by atoms with Crippen molar-refractivity contribution in [3.8, 4) is 0 Å². The molecule has 186 valence electrons. The molecule has 6 nitrogen and oxygen atoms in total. The van der Waals surface area contributed by atoms with Crippen molar-refractivity contribution in [2.24, 2.45) is 0 Å². The zero-order valence-electron chi connectivity index (χ0n) is 19.7. The van der Waals surface area contributed by atoms with Crippen LogP contribution in [-0.2, 0) is 16.0 Å². The fourth-order valence-electron chi connectivity index (χ4n) is 2.77. The molecule has 0 unspecified atom stereocenters. The number of carbonyl (C=O) groups is 2. The van der Waals surface area contributed by atoms with Gasteiger partial charge in [-0.25, -0.2) is 8.78 Å². The van der Waals surface area contributed by atoms with Gasteiger partial charge in [0.2, 0.25) is 0 Å². The lowest BCUT2D eigenvalue weighted by molar-refractivity contribution is 0.00578. The number of Topliss-reactive ketones (excluding diaryl/α,β-unsaturated/α-hetero) is 2. The third-order valence-corrected chi connectivity index (χ3v) is 5.48. The first-order valence-electron chi connectivity index (χ1n) is 10.5. The van der Waals surface area contributed by atoms with Crippen LogP contribution < -0.4 is 5.46 Å². The maximum absolute atomic E-state index is 12.0. The highest BCUT2D eigenvalue weighted by molar-refractivity contribution is 14.1. The Morgan fingerprint density at radius 2 is 1.18 bits per heavy atom. The first kappa shape index (κ1) is 30.3. The Hall–Kier alpha value is -1.73. The molecule has 2 aromatic rings. The number of hydrogen-bond acceptors (Lipinski definition) is 6. The zero-order valence-corrected chi connectivity index (χ0v) is 21.8.